The molecule has 5 nitrogen and oxygen atoms in total. The number of ether oxygens (including phenoxy) is 1. The Morgan fingerprint density at radius 1 is 0.929 bits per heavy atom. The zero-order valence-electron chi connectivity index (χ0n) is 15.2. The third kappa shape index (κ3) is 3.54. The number of fused-ring (bicyclic) bond motifs is 1. The molecule has 4 rings (SSSR count). The molecule has 138 valence electrons. The Kier molecular flexibility index (Phi) is 4.95. The predicted octanol–water partition coefficient (Wildman–Crippen LogP) is 6.20. The second kappa shape index (κ2) is 7.70. The van der Waals surface area contributed by atoms with Gasteiger partial charge in [0.15, 0.2) is 0 Å². The fourth-order valence-electron chi connectivity index (χ4n) is 2.94. The van der Waals surface area contributed by atoms with Crippen molar-refractivity contribution in [2.24, 2.45) is 10.2 Å². The number of methoxy groups -OCH3 is 1. The van der Waals surface area contributed by atoms with Gasteiger partial charge in [-0.15, -0.1) is 22.9 Å². The lowest BCUT2D eigenvalue weighted by atomic mass is 10.1. The lowest BCUT2D eigenvalue weighted by Crippen LogP contribution is -1.88. The fourth-order valence-corrected chi connectivity index (χ4v) is 3.25. The normalized spacial score (nSPS) is 11.2. The van der Waals surface area contributed by atoms with Crippen LogP contribution in [0.2, 0.25) is 0 Å². The summed E-state index contributed by atoms with van der Waals surface area (Å²) in [5, 5.41) is 10.5. The summed E-state index contributed by atoms with van der Waals surface area (Å²) in [6.45, 7) is 0. The average Bonchev–Trinajstić information content (AvgIpc) is 2.76. The third-order valence-electron chi connectivity index (χ3n) is 4.45. The molecule has 1 heterocycles. The number of hydrogen-bond donors (Lipinski definition) is 2. The smallest absolute Gasteiger partial charge is 0.118 e. The van der Waals surface area contributed by atoms with Gasteiger partial charge in [0.05, 0.1) is 24.7 Å². The van der Waals surface area contributed by atoms with Gasteiger partial charge in [0, 0.05) is 15.8 Å². The number of benzene rings is 3. The number of anilines is 1. The van der Waals surface area contributed by atoms with E-state index in [9.17, 15) is 0 Å². The number of azo groups is 1. The van der Waals surface area contributed by atoms with Crippen LogP contribution in [0.5, 0.6) is 5.75 Å². The molecule has 2 N–H and O–H groups in total. The van der Waals surface area contributed by atoms with Crippen molar-refractivity contribution in [2.45, 2.75) is 4.90 Å². The predicted molar refractivity (Wildman–Crippen MR) is 116 cm³/mol. The summed E-state index contributed by atoms with van der Waals surface area (Å²) in [7, 11) is 1.64. The second-order valence-corrected chi connectivity index (χ2v) is 6.69. The molecule has 3 aromatic carbocycles. The minimum atomic E-state index is 0.583. The van der Waals surface area contributed by atoms with Crippen LogP contribution in [0, 0.1) is 0 Å². The van der Waals surface area contributed by atoms with Crippen molar-refractivity contribution < 1.29 is 4.74 Å². The minimum absolute atomic E-state index is 0.583. The van der Waals surface area contributed by atoms with Gasteiger partial charge in [-0.1, -0.05) is 24.3 Å². The van der Waals surface area contributed by atoms with Crippen molar-refractivity contribution in [1.82, 2.24) is 4.98 Å². The first-order valence-corrected chi connectivity index (χ1v) is 9.13. The number of nitrogens with zero attached hydrogens (tertiary/aromatic N) is 3. The SMILES string of the molecule is COc1ccc(-c2ccc(N=Nc3cc(S)c4ccccc4c3N)cn2)cc1. The Morgan fingerprint density at radius 3 is 2.36 bits per heavy atom. The monoisotopic (exact) mass is 386 g/mol. The van der Waals surface area contributed by atoms with Crippen LogP contribution in [-0.4, -0.2) is 12.1 Å². The van der Waals surface area contributed by atoms with Gasteiger partial charge in [-0.2, -0.15) is 0 Å². The number of nitrogen functional groups attached to an aromatic ring is 1. The van der Waals surface area contributed by atoms with Crippen molar-refractivity contribution in [3.63, 3.8) is 0 Å². The summed E-state index contributed by atoms with van der Waals surface area (Å²) in [5.74, 6) is 0.811. The number of pyridine rings is 1. The van der Waals surface area contributed by atoms with E-state index >= 15 is 0 Å². The first-order chi connectivity index (χ1) is 13.7. The summed E-state index contributed by atoms with van der Waals surface area (Å²) >= 11 is 4.54. The highest BCUT2D eigenvalue weighted by atomic mass is 32.1. The zero-order valence-corrected chi connectivity index (χ0v) is 16.1. The molecular formula is C22H18N4OS. The Balaban J connectivity index is 1.60. The van der Waals surface area contributed by atoms with Gasteiger partial charge in [-0.3, -0.25) is 4.98 Å². The molecule has 0 radical (unpaired) electrons. The lowest BCUT2D eigenvalue weighted by molar-refractivity contribution is 0.415. The molecular weight excluding hydrogens is 368 g/mol. The van der Waals surface area contributed by atoms with E-state index < -0.39 is 0 Å². The van der Waals surface area contributed by atoms with Crippen molar-refractivity contribution >= 4 is 40.5 Å². The highest BCUT2D eigenvalue weighted by Gasteiger charge is 2.07. The Hall–Kier alpha value is -3.38. The van der Waals surface area contributed by atoms with Gasteiger partial charge < -0.3 is 10.5 Å². The molecule has 0 amide bonds. The van der Waals surface area contributed by atoms with Crippen LogP contribution in [0.15, 0.2) is 88.1 Å². The standard InChI is InChI=1S/C22H18N4OS/c1-27-16-9-6-14(7-10-16)19-11-8-15(13-24-19)25-26-20-12-21(28)17-4-2-3-5-18(17)22(20)23/h2-13,28H,23H2,1H3. The highest BCUT2D eigenvalue weighted by Crippen LogP contribution is 2.36. The number of rotatable bonds is 4. The van der Waals surface area contributed by atoms with Gasteiger partial charge >= 0.3 is 0 Å². The van der Waals surface area contributed by atoms with Crippen LogP contribution in [0.1, 0.15) is 0 Å². The summed E-state index contributed by atoms with van der Waals surface area (Å²) in [6.07, 6.45) is 1.68. The van der Waals surface area contributed by atoms with E-state index in [2.05, 4.69) is 27.8 Å². The maximum absolute atomic E-state index is 6.26. The molecule has 6 heteroatoms. The number of aromatic nitrogens is 1. The van der Waals surface area contributed by atoms with Crippen LogP contribution >= 0.6 is 12.6 Å². The van der Waals surface area contributed by atoms with Crippen molar-refractivity contribution in [1.29, 1.82) is 0 Å². The number of hydrogen-bond acceptors (Lipinski definition) is 6. The molecule has 0 bridgehead atoms. The summed E-state index contributed by atoms with van der Waals surface area (Å²) in [4.78, 5) is 5.28. The maximum atomic E-state index is 6.26. The quantitative estimate of drug-likeness (QED) is 0.249. The molecule has 0 saturated carbocycles. The minimum Gasteiger partial charge on any atom is -0.497 e. The van der Waals surface area contributed by atoms with Gasteiger partial charge in [-0.05, 0) is 47.9 Å². The topological polar surface area (TPSA) is 72.9 Å². The zero-order chi connectivity index (χ0) is 19.5. The third-order valence-corrected chi connectivity index (χ3v) is 4.82. The second-order valence-electron chi connectivity index (χ2n) is 6.20. The van der Waals surface area contributed by atoms with E-state index in [0.717, 1.165) is 32.7 Å². The number of nitrogens with two attached hydrogens (primary N) is 1. The summed E-state index contributed by atoms with van der Waals surface area (Å²) in [5.41, 5.74) is 9.93. The molecule has 0 spiro atoms. The molecule has 0 aliphatic rings. The van der Waals surface area contributed by atoms with E-state index in [1.807, 2.05) is 66.7 Å². The lowest BCUT2D eigenvalue weighted by Gasteiger charge is -2.07. The summed E-state index contributed by atoms with van der Waals surface area (Å²) < 4.78 is 5.18. The fraction of sp³-hybridized carbons (Fsp3) is 0.0455. The van der Waals surface area contributed by atoms with Gasteiger partial charge in [0.1, 0.15) is 17.1 Å². The molecule has 0 unspecified atom stereocenters. The Morgan fingerprint density at radius 2 is 1.68 bits per heavy atom. The molecule has 0 fully saturated rings. The van der Waals surface area contributed by atoms with Gasteiger partial charge in [0.2, 0.25) is 0 Å². The van der Waals surface area contributed by atoms with E-state index in [4.69, 9.17) is 10.5 Å². The molecule has 0 atom stereocenters. The van der Waals surface area contributed by atoms with Crippen LogP contribution in [0.4, 0.5) is 17.1 Å². The van der Waals surface area contributed by atoms with Gasteiger partial charge in [-0.25, -0.2) is 0 Å². The largest absolute Gasteiger partial charge is 0.497 e. The van der Waals surface area contributed by atoms with Crippen molar-refractivity contribution in [2.75, 3.05) is 12.8 Å². The van der Waals surface area contributed by atoms with Gasteiger partial charge in [0.25, 0.3) is 0 Å². The maximum Gasteiger partial charge on any atom is 0.118 e. The van der Waals surface area contributed by atoms with Crippen LogP contribution in [0.3, 0.4) is 0 Å². The van der Waals surface area contributed by atoms with E-state index in [-0.39, 0.29) is 0 Å². The van der Waals surface area contributed by atoms with Crippen LogP contribution < -0.4 is 10.5 Å². The Labute approximate surface area is 168 Å². The highest BCUT2D eigenvalue weighted by molar-refractivity contribution is 7.80. The van der Waals surface area contributed by atoms with E-state index in [1.54, 1.807) is 13.3 Å². The van der Waals surface area contributed by atoms with Crippen molar-refractivity contribution in [3.05, 3.63) is 72.9 Å². The van der Waals surface area contributed by atoms with Crippen LogP contribution in [0.25, 0.3) is 22.0 Å². The molecule has 4 aromatic rings. The molecule has 1 aromatic heterocycles. The van der Waals surface area contributed by atoms with E-state index in [0.29, 0.717) is 17.1 Å². The molecule has 0 aliphatic heterocycles. The van der Waals surface area contributed by atoms with E-state index in [1.165, 1.54) is 0 Å². The first-order valence-electron chi connectivity index (χ1n) is 8.68. The van der Waals surface area contributed by atoms with Crippen LogP contribution in [-0.2, 0) is 0 Å². The number of thiol groups is 1. The van der Waals surface area contributed by atoms with Crippen molar-refractivity contribution in [3.8, 4) is 17.0 Å². The average molecular weight is 386 g/mol. The molecule has 0 saturated heterocycles. The molecule has 0 aliphatic carbocycles. The summed E-state index contributed by atoms with van der Waals surface area (Å²) in [6, 6.07) is 21.2. The Bertz CT molecular complexity index is 1160. The molecule has 28 heavy (non-hydrogen) atoms. The first kappa shape index (κ1) is 18.0.